The van der Waals surface area contributed by atoms with Crippen molar-refractivity contribution < 1.29 is 20.4 Å². The molecule has 0 fully saturated rings. The minimum atomic E-state index is -0.641. The highest BCUT2D eigenvalue weighted by Gasteiger charge is 2.30. The van der Waals surface area contributed by atoms with E-state index in [4.69, 9.17) is 47.1 Å². The van der Waals surface area contributed by atoms with E-state index in [1.807, 2.05) is 109 Å². The number of fused-ring (bicyclic) bond motifs is 7. The van der Waals surface area contributed by atoms with E-state index in [1.165, 1.54) is 0 Å². The summed E-state index contributed by atoms with van der Waals surface area (Å²) in [6, 6.07) is 51.9. The van der Waals surface area contributed by atoms with E-state index in [9.17, 15) is 20.4 Å². The molecule has 2 aromatic heterocycles. The van der Waals surface area contributed by atoms with Gasteiger partial charge in [-0.15, -0.1) is 0 Å². The lowest BCUT2D eigenvalue weighted by molar-refractivity contribution is 0.410. The van der Waals surface area contributed by atoms with Crippen molar-refractivity contribution in [3.05, 3.63) is 158 Å². The first-order valence-corrected chi connectivity index (χ1v) is 21.1. The smallest absolute Gasteiger partial charge is 0.151 e. The Kier molecular flexibility index (Phi) is 9.56. The Balaban J connectivity index is 1.21. The van der Waals surface area contributed by atoms with E-state index in [-0.39, 0.29) is 54.6 Å². The molecule has 12 radical (unpaired) electrons. The molecule has 0 aliphatic heterocycles. The Morgan fingerprint density at radius 1 is 0.258 bits per heavy atom. The normalized spacial score (nSPS) is 11.6. The number of phenolic OH excluding ortho intramolecular Hbond substituents is 4. The number of phenols is 4. The molecule has 4 N–H and O–H groups in total. The Morgan fingerprint density at radius 3 is 0.879 bits per heavy atom. The van der Waals surface area contributed by atoms with Crippen molar-refractivity contribution in [3.8, 4) is 78.9 Å². The molecule has 0 aliphatic carbocycles. The number of nitrogens with zero attached hydrogens (tertiary/aromatic N) is 2. The molecule has 0 unspecified atom stereocenters. The second kappa shape index (κ2) is 15.4. The van der Waals surface area contributed by atoms with Gasteiger partial charge in [0.15, 0.2) is 11.5 Å². The van der Waals surface area contributed by atoms with Crippen molar-refractivity contribution in [2.45, 2.75) is 0 Å². The van der Waals surface area contributed by atoms with E-state index in [0.29, 0.717) is 33.2 Å². The lowest BCUT2D eigenvalue weighted by Gasteiger charge is -2.17. The summed E-state index contributed by atoms with van der Waals surface area (Å²) in [6.07, 6.45) is 0. The Morgan fingerprint density at radius 2 is 0.530 bits per heavy atom. The predicted octanol–water partition coefficient (Wildman–Crippen LogP) is 6.13. The van der Waals surface area contributed by atoms with Gasteiger partial charge in [0.1, 0.15) is 58.6 Å². The number of benzene rings is 9. The third-order valence-corrected chi connectivity index (χ3v) is 12.8. The Bertz CT molecular complexity index is 3550. The second-order valence-electron chi connectivity index (χ2n) is 16.4. The van der Waals surface area contributed by atoms with Crippen molar-refractivity contribution in [1.82, 2.24) is 9.13 Å². The van der Waals surface area contributed by atoms with E-state index in [1.54, 1.807) is 9.13 Å². The minimum absolute atomic E-state index is 0.103. The van der Waals surface area contributed by atoms with Crippen LogP contribution < -0.4 is 32.8 Å². The first kappa shape index (κ1) is 40.9. The summed E-state index contributed by atoms with van der Waals surface area (Å²) in [4.78, 5) is 0. The Hall–Kier alpha value is -7.83. The van der Waals surface area contributed by atoms with E-state index in [2.05, 4.69) is 48.5 Å². The van der Waals surface area contributed by atoms with Gasteiger partial charge in [-0.25, -0.2) is 0 Å². The largest absolute Gasteiger partial charge is 0.505 e. The number of aromatic nitrogens is 2. The molecule has 2 heterocycles. The van der Waals surface area contributed by atoms with Crippen LogP contribution in [-0.2, 0) is 0 Å². The molecule has 11 aromatic rings. The SMILES string of the molecule is [B]c1c(O)c(O)c([B])c2c1c1c3c4c([B])c(O)c(O)c([B])c4n(-c4cccc(-c5ccc(-c6ccccc6)cc5)c4)c3c([B])c([B])c1n2-c1cccc(-c2ccc(-c3ccccc3)cc2)c1. The maximum Gasteiger partial charge on any atom is 0.151 e. The van der Waals surface area contributed by atoms with Crippen LogP contribution in [0.1, 0.15) is 0 Å². The number of hydrogen-bond donors (Lipinski definition) is 4. The van der Waals surface area contributed by atoms with Crippen LogP contribution >= 0.6 is 0 Å². The van der Waals surface area contributed by atoms with Crippen molar-refractivity contribution >= 4 is 123 Å². The summed E-state index contributed by atoms with van der Waals surface area (Å²) in [6.45, 7) is 0. The topological polar surface area (TPSA) is 90.8 Å². The maximum absolute atomic E-state index is 11.4. The average Bonchev–Trinajstić information content (AvgIpc) is 3.91. The van der Waals surface area contributed by atoms with Gasteiger partial charge >= 0.3 is 0 Å². The molecule has 0 saturated carbocycles. The fraction of sp³-hybridized carbons (Fsp3) is 0. The van der Waals surface area contributed by atoms with Crippen LogP contribution in [0.5, 0.6) is 23.0 Å². The molecular formula is C54H30B6N2O4. The third-order valence-electron chi connectivity index (χ3n) is 12.8. The lowest BCUT2D eigenvalue weighted by atomic mass is 9.75. The van der Waals surface area contributed by atoms with Crippen LogP contribution in [0.4, 0.5) is 0 Å². The average molecular weight is 836 g/mol. The van der Waals surface area contributed by atoms with Crippen molar-refractivity contribution in [2.75, 3.05) is 0 Å². The summed E-state index contributed by atoms with van der Waals surface area (Å²) < 4.78 is 3.51. The molecule has 0 atom stereocenters. The maximum atomic E-state index is 11.4. The van der Waals surface area contributed by atoms with Crippen LogP contribution in [0, 0.1) is 0 Å². The van der Waals surface area contributed by atoms with Crippen LogP contribution in [0.2, 0.25) is 0 Å². The molecule has 298 valence electrons. The highest BCUT2D eigenvalue weighted by Crippen LogP contribution is 2.43. The molecule has 0 spiro atoms. The fourth-order valence-corrected chi connectivity index (χ4v) is 9.54. The van der Waals surface area contributed by atoms with Crippen LogP contribution in [-0.4, -0.2) is 76.6 Å². The van der Waals surface area contributed by atoms with E-state index in [0.717, 1.165) is 44.5 Å². The van der Waals surface area contributed by atoms with Gasteiger partial charge in [-0.05, 0) is 90.6 Å². The van der Waals surface area contributed by atoms with Gasteiger partial charge < -0.3 is 29.6 Å². The number of hydrogen-bond acceptors (Lipinski definition) is 4. The summed E-state index contributed by atoms with van der Waals surface area (Å²) >= 11 is 0. The van der Waals surface area contributed by atoms with Gasteiger partial charge in [-0.1, -0.05) is 144 Å². The van der Waals surface area contributed by atoms with Crippen LogP contribution in [0.25, 0.3) is 99.5 Å². The molecule has 12 heteroatoms. The third kappa shape index (κ3) is 6.05. The van der Waals surface area contributed by atoms with Gasteiger partial charge in [0.25, 0.3) is 0 Å². The zero-order valence-electron chi connectivity index (χ0n) is 35.2. The van der Waals surface area contributed by atoms with E-state index < -0.39 is 23.0 Å². The molecular weight excluding hydrogens is 805 g/mol. The molecule has 11 rings (SSSR count). The van der Waals surface area contributed by atoms with E-state index >= 15 is 0 Å². The summed E-state index contributed by atoms with van der Waals surface area (Å²) in [5.41, 5.74) is 9.56. The van der Waals surface area contributed by atoms with Gasteiger partial charge in [0, 0.05) is 44.0 Å². The Labute approximate surface area is 387 Å². The molecule has 9 aromatic carbocycles. The van der Waals surface area contributed by atoms with Crippen molar-refractivity contribution in [2.24, 2.45) is 0 Å². The van der Waals surface area contributed by atoms with Crippen molar-refractivity contribution in [3.63, 3.8) is 0 Å². The molecule has 66 heavy (non-hydrogen) atoms. The van der Waals surface area contributed by atoms with Gasteiger partial charge in [0.2, 0.25) is 0 Å². The quantitative estimate of drug-likeness (QED) is 0.120. The summed E-state index contributed by atoms with van der Waals surface area (Å²) in [5, 5.41) is 46.5. The molecule has 0 saturated heterocycles. The monoisotopic (exact) mass is 836 g/mol. The first-order chi connectivity index (χ1) is 31.9. The standard InChI is InChI=1S/C54H30B6N2O4/c55-41-39-37-38-40-42(56)52(64)54(66)46(60)50(40)62(36-16-8-14-34(26-36)32-23-19-30(20-24-32)28-11-5-2-6-12-28)48(38)44(58)43(57)47(37)61(49(39)45(59)53(65)51(41)63)35-15-7-13-33(25-35)31-21-17-29(18-22-31)27-9-3-1-4-10-27/h1-26,63-66H. The van der Waals surface area contributed by atoms with Gasteiger partial charge in [-0.3, -0.25) is 0 Å². The molecule has 0 aliphatic rings. The van der Waals surface area contributed by atoms with Crippen LogP contribution in [0.15, 0.2) is 158 Å². The van der Waals surface area contributed by atoms with Gasteiger partial charge in [0.05, 0.1) is 11.0 Å². The van der Waals surface area contributed by atoms with Gasteiger partial charge in [-0.2, -0.15) is 0 Å². The molecule has 0 bridgehead atoms. The highest BCUT2D eigenvalue weighted by molar-refractivity contribution is 6.63. The lowest BCUT2D eigenvalue weighted by Crippen LogP contribution is -2.30. The molecule has 6 nitrogen and oxygen atoms in total. The zero-order valence-corrected chi connectivity index (χ0v) is 35.2. The summed E-state index contributed by atoms with van der Waals surface area (Å²) in [5.74, 6) is -2.53. The predicted molar refractivity (Wildman–Crippen MR) is 276 cm³/mol. The highest BCUT2D eigenvalue weighted by atomic mass is 16.3. The van der Waals surface area contributed by atoms with Crippen LogP contribution in [0.3, 0.4) is 0 Å². The summed E-state index contributed by atoms with van der Waals surface area (Å²) in [7, 11) is 41.7. The number of aromatic hydroxyl groups is 4. The first-order valence-electron chi connectivity index (χ1n) is 21.1. The van der Waals surface area contributed by atoms with Crippen molar-refractivity contribution in [1.29, 1.82) is 0 Å². The minimum Gasteiger partial charge on any atom is -0.505 e. The number of rotatable bonds is 6. The molecule has 0 amide bonds. The zero-order chi connectivity index (χ0) is 45.7. The second-order valence-corrected chi connectivity index (χ2v) is 16.4. The fourth-order valence-electron chi connectivity index (χ4n) is 9.54.